The SMILES string of the molecule is CCCCc1ccc2c(c1)C(NC)CCC2C. The minimum absolute atomic E-state index is 0.572. The zero-order valence-corrected chi connectivity index (χ0v) is 11.4. The van der Waals surface area contributed by atoms with Crippen LogP contribution in [0.3, 0.4) is 0 Å². The van der Waals surface area contributed by atoms with Crippen LogP contribution >= 0.6 is 0 Å². The normalized spacial score (nSPS) is 23.5. The summed E-state index contributed by atoms with van der Waals surface area (Å²) >= 11 is 0. The molecule has 0 fully saturated rings. The number of fused-ring (bicyclic) bond motifs is 1. The van der Waals surface area contributed by atoms with Crippen molar-refractivity contribution in [3.05, 3.63) is 34.9 Å². The second kappa shape index (κ2) is 5.68. The molecule has 0 radical (unpaired) electrons. The number of unbranched alkanes of at least 4 members (excludes halogenated alkanes) is 1. The first-order valence-electron chi connectivity index (χ1n) is 7.06. The molecule has 17 heavy (non-hydrogen) atoms. The highest BCUT2D eigenvalue weighted by Gasteiger charge is 2.23. The summed E-state index contributed by atoms with van der Waals surface area (Å²) in [6.07, 6.45) is 6.41. The van der Waals surface area contributed by atoms with Crippen molar-refractivity contribution in [2.75, 3.05) is 7.05 Å². The Kier molecular flexibility index (Phi) is 4.22. The van der Waals surface area contributed by atoms with E-state index in [1.54, 1.807) is 11.1 Å². The summed E-state index contributed by atoms with van der Waals surface area (Å²) in [7, 11) is 2.09. The van der Waals surface area contributed by atoms with Crippen molar-refractivity contribution in [2.45, 2.75) is 57.9 Å². The van der Waals surface area contributed by atoms with Crippen molar-refractivity contribution >= 4 is 0 Å². The molecular weight excluding hydrogens is 206 g/mol. The predicted octanol–water partition coefficient (Wildman–Crippen LogP) is 4.19. The lowest BCUT2D eigenvalue weighted by atomic mass is 9.80. The van der Waals surface area contributed by atoms with Gasteiger partial charge in [-0.1, -0.05) is 38.5 Å². The highest BCUT2D eigenvalue weighted by molar-refractivity contribution is 5.38. The molecule has 94 valence electrons. The molecular formula is C16H25N. The van der Waals surface area contributed by atoms with E-state index in [1.807, 2.05) is 0 Å². The lowest BCUT2D eigenvalue weighted by Crippen LogP contribution is -2.23. The van der Waals surface area contributed by atoms with Gasteiger partial charge in [-0.3, -0.25) is 0 Å². The minimum atomic E-state index is 0.572. The zero-order chi connectivity index (χ0) is 12.3. The molecule has 1 aliphatic rings. The topological polar surface area (TPSA) is 12.0 Å². The third-order valence-corrected chi connectivity index (χ3v) is 4.11. The van der Waals surface area contributed by atoms with Crippen LogP contribution in [0.4, 0.5) is 0 Å². The Hall–Kier alpha value is -0.820. The molecule has 1 aliphatic carbocycles. The fourth-order valence-corrected chi connectivity index (χ4v) is 2.94. The van der Waals surface area contributed by atoms with Crippen molar-refractivity contribution in [3.63, 3.8) is 0 Å². The van der Waals surface area contributed by atoms with Crippen molar-refractivity contribution < 1.29 is 0 Å². The maximum absolute atomic E-state index is 3.46. The Morgan fingerprint density at radius 3 is 2.76 bits per heavy atom. The summed E-state index contributed by atoms with van der Waals surface area (Å²) in [5, 5.41) is 3.46. The lowest BCUT2D eigenvalue weighted by Gasteiger charge is -2.30. The Bertz CT molecular complexity index is 370. The molecule has 0 aliphatic heterocycles. The van der Waals surface area contributed by atoms with E-state index in [4.69, 9.17) is 0 Å². The van der Waals surface area contributed by atoms with Gasteiger partial charge in [0.05, 0.1) is 0 Å². The van der Waals surface area contributed by atoms with E-state index in [-0.39, 0.29) is 0 Å². The molecule has 0 spiro atoms. The van der Waals surface area contributed by atoms with Gasteiger partial charge in [0, 0.05) is 6.04 Å². The van der Waals surface area contributed by atoms with Gasteiger partial charge in [-0.05, 0) is 55.3 Å². The molecule has 1 nitrogen and oxygen atoms in total. The van der Waals surface area contributed by atoms with Crippen LogP contribution in [0.25, 0.3) is 0 Å². The number of benzene rings is 1. The molecule has 0 aromatic heterocycles. The van der Waals surface area contributed by atoms with Gasteiger partial charge in [-0.15, -0.1) is 0 Å². The highest BCUT2D eigenvalue weighted by atomic mass is 14.9. The summed E-state index contributed by atoms with van der Waals surface area (Å²) in [6.45, 7) is 4.62. The first-order chi connectivity index (χ1) is 8.26. The lowest BCUT2D eigenvalue weighted by molar-refractivity contribution is 0.459. The third-order valence-electron chi connectivity index (χ3n) is 4.11. The van der Waals surface area contributed by atoms with E-state index in [0.717, 1.165) is 5.92 Å². The Morgan fingerprint density at radius 1 is 1.24 bits per heavy atom. The number of nitrogens with one attached hydrogen (secondary N) is 1. The van der Waals surface area contributed by atoms with Crippen LogP contribution in [0, 0.1) is 0 Å². The average Bonchev–Trinajstić information content (AvgIpc) is 2.37. The second-order valence-electron chi connectivity index (χ2n) is 5.39. The van der Waals surface area contributed by atoms with E-state index in [2.05, 4.69) is 44.4 Å². The smallest absolute Gasteiger partial charge is 0.0320 e. The molecule has 0 saturated heterocycles. The van der Waals surface area contributed by atoms with Gasteiger partial charge >= 0.3 is 0 Å². The molecule has 0 heterocycles. The monoisotopic (exact) mass is 231 g/mol. The van der Waals surface area contributed by atoms with Crippen LogP contribution in [-0.4, -0.2) is 7.05 Å². The Balaban J connectivity index is 2.27. The largest absolute Gasteiger partial charge is 0.313 e. The van der Waals surface area contributed by atoms with Crippen LogP contribution in [0.5, 0.6) is 0 Å². The third kappa shape index (κ3) is 2.71. The van der Waals surface area contributed by atoms with Crippen LogP contribution in [0.15, 0.2) is 18.2 Å². The molecule has 1 aromatic carbocycles. The van der Waals surface area contributed by atoms with Gasteiger partial charge in [0.2, 0.25) is 0 Å². The second-order valence-corrected chi connectivity index (χ2v) is 5.39. The molecule has 1 aromatic rings. The summed E-state index contributed by atoms with van der Waals surface area (Å²) < 4.78 is 0. The number of hydrogen-bond acceptors (Lipinski definition) is 1. The van der Waals surface area contributed by atoms with Crippen LogP contribution in [-0.2, 0) is 6.42 Å². The maximum Gasteiger partial charge on any atom is 0.0320 e. The first kappa shape index (κ1) is 12.6. The fraction of sp³-hybridized carbons (Fsp3) is 0.625. The van der Waals surface area contributed by atoms with Crippen molar-refractivity contribution in [3.8, 4) is 0 Å². The summed E-state index contributed by atoms with van der Waals surface area (Å²) in [5.74, 6) is 0.731. The van der Waals surface area contributed by atoms with Crippen LogP contribution in [0.1, 0.15) is 68.2 Å². The Labute approximate surface area is 106 Å². The predicted molar refractivity (Wildman–Crippen MR) is 74.5 cm³/mol. The van der Waals surface area contributed by atoms with E-state index < -0.39 is 0 Å². The molecule has 0 amide bonds. The highest BCUT2D eigenvalue weighted by Crippen LogP contribution is 2.37. The van der Waals surface area contributed by atoms with Crippen LogP contribution < -0.4 is 5.32 Å². The molecule has 1 heteroatoms. The number of hydrogen-bond donors (Lipinski definition) is 1. The molecule has 1 N–H and O–H groups in total. The van der Waals surface area contributed by atoms with Gasteiger partial charge in [0.15, 0.2) is 0 Å². The van der Waals surface area contributed by atoms with E-state index in [1.165, 1.54) is 37.7 Å². The molecule has 2 atom stereocenters. The van der Waals surface area contributed by atoms with Crippen LogP contribution in [0.2, 0.25) is 0 Å². The van der Waals surface area contributed by atoms with Gasteiger partial charge in [0.25, 0.3) is 0 Å². The Morgan fingerprint density at radius 2 is 2.06 bits per heavy atom. The van der Waals surface area contributed by atoms with Gasteiger partial charge < -0.3 is 5.32 Å². The van der Waals surface area contributed by atoms with E-state index in [0.29, 0.717) is 6.04 Å². The van der Waals surface area contributed by atoms with Crippen molar-refractivity contribution in [1.82, 2.24) is 5.32 Å². The molecule has 2 unspecified atom stereocenters. The first-order valence-corrected chi connectivity index (χ1v) is 7.06. The maximum atomic E-state index is 3.46. The van der Waals surface area contributed by atoms with E-state index in [9.17, 15) is 0 Å². The molecule has 0 bridgehead atoms. The quantitative estimate of drug-likeness (QED) is 0.819. The number of rotatable bonds is 4. The summed E-state index contributed by atoms with van der Waals surface area (Å²) in [4.78, 5) is 0. The minimum Gasteiger partial charge on any atom is -0.313 e. The summed E-state index contributed by atoms with van der Waals surface area (Å²) in [5.41, 5.74) is 4.63. The zero-order valence-electron chi connectivity index (χ0n) is 11.4. The average molecular weight is 231 g/mol. The van der Waals surface area contributed by atoms with Crippen molar-refractivity contribution in [1.29, 1.82) is 0 Å². The summed E-state index contributed by atoms with van der Waals surface area (Å²) in [6, 6.07) is 7.72. The molecule has 0 saturated carbocycles. The van der Waals surface area contributed by atoms with Crippen molar-refractivity contribution in [2.24, 2.45) is 0 Å². The van der Waals surface area contributed by atoms with E-state index >= 15 is 0 Å². The van der Waals surface area contributed by atoms with Gasteiger partial charge in [-0.2, -0.15) is 0 Å². The number of aryl methyl sites for hydroxylation is 1. The van der Waals surface area contributed by atoms with Gasteiger partial charge in [-0.25, -0.2) is 0 Å². The van der Waals surface area contributed by atoms with Gasteiger partial charge in [0.1, 0.15) is 0 Å². The standard InChI is InChI=1S/C16H25N/c1-4-5-6-13-8-9-14-12(2)7-10-16(17-3)15(14)11-13/h8-9,11-12,16-17H,4-7,10H2,1-3H3. The molecule has 2 rings (SSSR count). The fourth-order valence-electron chi connectivity index (χ4n) is 2.94.